The summed E-state index contributed by atoms with van der Waals surface area (Å²) in [7, 11) is 0. The third kappa shape index (κ3) is 3.06. The summed E-state index contributed by atoms with van der Waals surface area (Å²) in [4.78, 5) is 6.83. The van der Waals surface area contributed by atoms with Crippen molar-refractivity contribution in [2.24, 2.45) is 0 Å². The Balaban J connectivity index is 1.84. The van der Waals surface area contributed by atoms with E-state index in [-0.39, 0.29) is 0 Å². The van der Waals surface area contributed by atoms with Gasteiger partial charge in [-0.15, -0.1) is 0 Å². The number of aryl methyl sites for hydroxylation is 1. The van der Waals surface area contributed by atoms with Crippen molar-refractivity contribution >= 4 is 5.82 Å². The Bertz CT molecular complexity index is 594. The van der Waals surface area contributed by atoms with E-state index in [0.29, 0.717) is 0 Å². The van der Waals surface area contributed by atoms with Gasteiger partial charge in [0.1, 0.15) is 11.9 Å². The first kappa shape index (κ1) is 14.0. The SMILES string of the molecule is Cc1cc(N2CCNCC2)ncc1[C@H](O)c1ccccc1. The number of hydrogen-bond acceptors (Lipinski definition) is 4. The lowest BCUT2D eigenvalue weighted by atomic mass is 9.99. The van der Waals surface area contributed by atoms with Gasteiger partial charge in [-0.05, 0) is 24.1 Å². The highest BCUT2D eigenvalue weighted by atomic mass is 16.3. The molecule has 1 aromatic carbocycles. The molecule has 2 N–H and O–H groups in total. The number of anilines is 1. The second-order valence-electron chi connectivity index (χ2n) is 5.45. The monoisotopic (exact) mass is 283 g/mol. The zero-order valence-electron chi connectivity index (χ0n) is 12.3. The maximum atomic E-state index is 10.5. The molecule has 0 aliphatic carbocycles. The van der Waals surface area contributed by atoms with Crippen molar-refractivity contribution in [3.8, 4) is 0 Å². The van der Waals surface area contributed by atoms with Crippen molar-refractivity contribution < 1.29 is 5.11 Å². The highest BCUT2D eigenvalue weighted by molar-refractivity contribution is 5.45. The molecule has 0 unspecified atom stereocenters. The lowest BCUT2D eigenvalue weighted by Gasteiger charge is -2.29. The Kier molecular flexibility index (Phi) is 4.18. The van der Waals surface area contributed by atoms with Crippen molar-refractivity contribution in [3.05, 3.63) is 59.3 Å². The molecule has 0 spiro atoms. The number of aliphatic hydroxyl groups excluding tert-OH is 1. The summed E-state index contributed by atoms with van der Waals surface area (Å²) in [5.74, 6) is 0.998. The Morgan fingerprint density at radius 3 is 2.57 bits per heavy atom. The quantitative estimate of drug-likeness (QED) is 0.903. The first-order valence-electron chi connectivity index (χ1n) is 7.41. The molecule has 1 fully saturated rings. The second kappa shape index (κ2) is 6.24. The number of aliphatic hydroxyl groups is 1. The van der Waals surface area contributed by atoms with Crippen LogP contribution in [0.15, 0.2) is 42.6 Å². The summed E-state index contributed by atoms with van der Waals surface area (Å²) in [5, 5.41) is 13.9. The van der Waals surface area contributed by atoms with Gasteiger partial charge in [0.2, 0.25) is 0 Å². The Morgan fingerprint density at radius 1 is 1.19 bits per heavy atom. The summed E-state index contributed by atoms with van der Waals surface area (Å²) < 4.78 is 0. The van der Waals surface area contributed by atoms with Crippen LogP contribution in [0, 0.1) is 6.92 Å². The molecule has 21 heavy (non-hydrogen) atoms. The van der Waals surface area contributed by atoms with Crippen LogP contribution in [0.3, 0.4) is 0 Å². The first-order valence-corrected chi connectivity index (χ1v) is 7.41. The topological polar surface area (TPSA) is 48.4 Å². The van der Waals surface area contributed by atoms with E-state index in [1.54, 1.807) is 0 Å². The van der Waals surface area contributed by atoms with Gasteiger partial charge in [-0.1, -0.05) is 30.3 Å². The van der Waals surface area contributed by atoms with Gasteiger partial charge < -0.3 is 15.3 Å². The average Bonchev–Trinajstić information content (AvgIpc) is 2.56. The number of nitrogens with one attached hydrogen (secondary N) is 1. The molecular formula is C17H21N3O. The molecule has 0 saturated carbocycles. The van der Waals surface area contributed by atoms with Crippen LogP contribution in [0.5, 0.6) is 0 Å². The van der Waals surface area contributed by atoms with Crippen molar-refractivity contribution in [2.45, 2.75) is 13.0 Å². The fourth-order valence-corrected chi connectivity index (χ4v) is 2.72. The molecule has 2 aromatic rings. The predicted molar refractivity (Wildman–Crippen MR) is 84.6 cm³/mol. The maximum absolute atomic E-state index is 10.5. The number of piperazine rings is 1. The van der Waals surface area contributed by atoms with E-state index in [4.69, 9.17) is 0 Å². The molecule has 1 atom stereocenters. The third-order valence-electron chi connectivity index (χ3n) is 3.99. The molecule has 0 radical (unpaired) electrons. The minimum atomic E-state index is -0.615. The number of nitrogens with zero attached hydrogens (tertiary/aromatic N) is 2. The van der Waals surface area contributed by atoms with Gasteiger partial charge in [-0.3, -0.25) is 0 Å². The van der Waals surface area contributed by atoms with Crippen molar-refractivity contribution in [1.29, 1.82) is 0 Å². The lowest BCUT2D eigenvalue weighted by molar-refractivity contribution is 0.219. The molecule has 1 saturated heterocycles. The fourth-order valence-electron chi connectivity index (χ4n) is 2.72. The highest BCUT2D eigenvalue weighted by Gasteiger charge is 2.16. The van der Waals surface area contributed by atoms with E-state index >= 15 is 0 Å². The Hall–Kier alpha value is -1.91. The van der Waals surface area contributed by atoms with Crippen LogP contribution < -0.4 is 10.2 Å². The number of pyridine rings is 1. The fraction of sp³-hybridized carbons (Fsp3) is 0.353. The largest absolute Gasteiger partial charge is 0.384 e. The first-order chi connectivity index (χ1) is 10.3. The van der Waals surface area contributed by atoms with Gasteiger partial charge in [-0.2, -0.15) is 0 Å². The number of rotatable bonds is 3. The molecule has 110 valence electrons. The zero-order chi connectivity index (χ0) is 14.7. The molecule has 4 nitrogen and oxygen atoms in total. The zero-order valence-corrected chi connectivity index (χ0v) is 12.3. The average molecular weight is 283 g/mol. The van der Waals surface area contributed by atoms with Crippen LogP contribution in [0.4, 0.5) is 5.82 Å². The number of hydrogen-bond donors (Lipinski definition) is 2. The number of benzene rings is 1. The van der Waals surface area contributed by atoms with Gasteiger partial charge in [0.15, 0.2) is 0 Å². The molecule has 1 aliphatic heterocycles. The molecule has 0 amide bonds. The maximum Gasteiger partial charge on any atom is 0.128 e. The predicted octanol–water partition coefficient (Wildman–Crippen LogP) is 1.88. The van der Waals surface area contributed by atoms with Gasteiger partial charge >= 0.3 is 0 Å². The molecule has 0 bridgehead atoms. The summed E-state index contributed by atoms with van der Waals surface area (Å²) in [6.45, 7) is 5.99. The summed E-state index contributed by atoms with van der Waals surface area (Å²) in [6.07, 6.45) is 1.19. The second-order valence-corrected chi connectivity index (χ2v) is 5.45. The minimum Gasteiger partial charge on any atom is -0.384 e. The molecule has 3 rings (SSSR count). The summed E-state index contributed by atoms with van der Waals surface area (Å²) in [6, 6.07) is 11.8. The van der Waals surface area contributed by atoms with E-state index in [0.717, 1.165) is 48.7 Å². The van der Waals surface area contributed by atoms with Crippen LogP contribution in [0.1, 0.15) is 22.8 Å². The third-order valence-corrected chi connectivity index (χ3v) is 3.99. The standard InChI is InChI=1S/C17H21N3O/c1-13-11-16(20-9-7-18-8-10-20)19-12-15(13)17(21)14-5-3-2-4-6-14/h2-6,11-12,17-18,21H,7-10H2,1H3/t17-/m1/s1. The van der Waals surface area contributed by atoms with Crippen LogP contribution in [-0.4, -0.2) is 36.3 Å². The van der Waals surface area contributed by atoms with Gasteiger partial charge in [-0.25, -0.2) is 4.98 Å². The van der Waals surface area contributed by atoms with Crippen LogP contribution in [0.2, 0.25) is 0 Å². The van der Waals surface area contributed by atoms with Gasteiger partial charge in [0.25, 0.3) is 0 Å². The van der Waals surface area contributed by atoms with Gasteiger partial charge in [0.05, 0.1) is 0 Å². The van der Waals surface area contributed by atoms with Crippen molar-refractivity contribution in [1.82, 2.24) is 10.3 Å². The van der Waals surface area contributed by atoms with Crippen molar-refractivity contribution in [3.63, 3.8) is 0 Å². The lowest BCUT2D eigenvalue weighted by Crippen LogP contribution is -2.43. The van der Waals surface area contributed by atoms with Crippen LogP contribution >= 0.6 is 0 Å². The summed E-state index contributed by atoms with van der Waals surface area (Å²) >= 11 is 0. The minimum absolute atomic E-state index is 0.615. The van der Waals surface area contributed by atoms with Crippen LogP contribution in [0.25, 0.3) is 0 Å². The van der Waals surface area contributed by atoms with E-state index in [2.05, 4.69) is 21.3 Å². The normalized spacial score (nSPS) is 16.8. The van der Waals surface area contributed by atoms with E-state index in [1.165, 1.54) is 0 Å². The molecule has 4 heteroatoms. The smallest absolute Gasteiger partial charge is 0.128 e. The van der Waals surface area contributed by atoms with E-state index in [9.17, 15) is 5.11 Å². The number of aromatic nitrogens is 1. The highest BCUT2D eigenvalue weighted by Crippen LogP contribution is 2.26. The van der Waals surface area contributed by atoms with E-state index < -0.39 is 6.10 Å². The Morgan fingerprint density at radius 2 is 1.90 bits per heavy atom. The molecular weight excluding hydrogens is 262 g/mol. The summed E-state index contributed by atoms with van der Waals surface area (Å²) in [5.41, 5.74) is 2.85. The van der Waals surface area contributed by atoms with E-state index in [1.807, 2.05) is 43.5 Å². The van der Waals surface area contributed by atoms with Gasteiger partial charge in [0, 0.05) is 37.9 Å². The van der Waals surface area contributed by atoms with Crippen LogP contribution in [-0.2, 0) is 0 Å². The molecule has 1 aromatic heterocycles. The molecule has 2 heterocycles. The Labute approximate surface area is 125 Å². The van der Waals surface area contributed by atoms with Crippen molar-refractivity contribution in [2.75, 3.05) is 31.1 Å². The molecule has 1 aliphatic rings.